The smallest absolute Gasteiger partial charge is 0.153 e. The maximum Gasteiger partial charge on any atom is 0.153 e. The number of rotatable bonds is 3. The second-order valence-corrected chi connectivity index (χ2v) is 5.71. The molecule has 1 aliphatic rings. The molecule has 1 atom stereocenters. The SMILES string of the molecule is CCNC1CCCc2c1cnn2-c1ccc(Br)cn1. The molecule has 0 aromatic carbocycles. The molecule has 5 heteroatoms. The first-order valence-electron chi connectivity index (χ1n) is 6.71. The normalized spacial score (nSPS) is 18.3. The summed E-state index contributed by atoms with van der Waals surface area (Å²) in [4.78, 5) is 4.43. The van der Waals surface area contributed by atoms with Crippen LogP contribution in [0.4, 0.5) is 0 Å². The first-order valence-corrected chi connectivity index (χ1v) is 7.51. The Bertz CT molecular complexity index is 561. The number of aromatic nitrogens is 3. The molecule has 0 aliphatic heterocycles. The van der Waals surface area contributed by atoms with E-state index in [1.165, 1.54) is 24.1 Å². The van der Waals surface area contributed by atoms with E-state index in [1.807, 2.05) is 29.2 Å². The fraction of sp³-hybridized carbons (Fsp3) is 0.429. The monoisotopic (exact) mass is 320 g/mol. The zero-order valence-corrected chi connectivity index (χ0v) is 12.5. The van der Waals surface area contributed by atoms with Crippen LogP contribution in [0.5, 0.6) is 0 Å². The second kappa shape index (κ2) is 5.43. The highest BCUT2D eigenvalue weighted by Crippen LogP contribution is 2.30. The highest BCUT2D eigenvalue weighted by molar-refractivity contribution is 9.10. The lowest BCUT2D eigenvalue weighted by Crippen LogP contribution is -2.25. The van der Waals surface area contributed by atoms with Crippen LogP contribution in [0.25, 0.3) is 5.82 Å². The molecule has 1 aliphatic carbocycles. The van der Waals surface area contributed by atoms with E-state index in [2.05, 4.69) is 38.3 Å². The van der Waals surface area contributed by atoms with Crippen molar-refractivity contribution in [2.45, 2.75) is 32.2 Å². The largest absolute Gasteiger partial charge is 0.310 e. The van der Waals surface area contributed by atoms with Crippen LogP contribution >= 0.6 is 15.9 Å². The van der Waals surface area contributed by atoms with E-state index < -0.39 is 0 Å². The summed E-state index contributed by atoms with van der Waals surface area (Å²) in [6.07, 6.45) is 7.28. The summed E-state index contributed by atoms with van der Waals surface area (Å²) < 4.78 is 2.97. The third-order valence-corrected chi connectivity index (χ3v) is 4.03. The zero-order chi connectivity index (χ0) is 13.2. The van der Waals surface area contributed by atoms with E-state index in [1.54, 1.807) is 0 Å². The fourth-order valence-electron chi connectivity index (χ4n) is 2.71. The molecule has 100 valence electrons. The van der Waals surface area contributed by atoms with Crippen molar-refractivity contribution >= 4 is 15.9 Å². The molecule has 19 heavy (non-hydrogen) atoms. The second-order valence-electron chi connectivity index (χ2n) is 4.80. The summed E-state index contributed by atoms with van der Waals surface area (Å²) in [5.74, 6) is 0.890. The van der Waals surface area contributed by atoms with Crippen LogP contribution in [0.1, 0.15) is 37.1 Å². The lowest BCUT2D eigenvalue weighted by Gasteiger charge is -2.23. The van der Waals surface area contributed by atoms with Gasteiger partial charge in [0.15, 0.2) is 5.82 Å². The molecule has 3 rings (SSSR count). The Morgan fingerprint density at radius 1 is 1.42 bits per heavy atom. The molecule has 0 spiro atoms. The molecule has 0 radical (unpaired) electrons. The Labute approximate surface area is 121 Å². The van der Waals surface area contributed by atoms with Crippen molar-refractivity contribution in [3.05, 3.63) is 40.3 Å². The van der Waals surface area contributed by atoms with Crippen molar-refractivity contribution in [3.8, 4) is 5.82 Å². The van der Waals surface area contributed by atoms with Gasteiger partial charge in [-0.1, -0.05) is 6.92 Å². The number of nitrogens with one attached hydrogen (secondary N) is 1. The average molecular weight is 321 g/mol. The molecule has 1 unspecified atom stereocenters. The lowest BCUT2D eigenvalue weighted by atomic mass is 9.93. The number of nitrogens with zero attached hydrogens (tertiary/aromatic N) is 3. The van der Waals surface area contributed by atoms with Gasteiger partial charge in [-0.2, -0.15) is 5.10 Å². The molecule has 0 saturated carbocycles. The minimum atomic E-state index is 0.443. The van der Waals surface area contributed by atoms with Gasteiger partial charge < -0.3 is 5.32 Å². The van der Waals surface area contributed by atoms with Crippen LogP contribution < -0.4 is 5.32 Å². The summed E-state index contributed by atoms with van der Waals surface area (Å²) in [5, 5.41) is 8.06. The zero-order valence-electron chi connectivity index (χ0n) is 10.9. The van der Waals surface area contributed by atoms with Gasteiger partial charge in [0, 0.05) is 22.3 Å². The topological polar surface area (TPSA) is 42.7 Å². The van der Waals surface area contributed by atoms with Gasteiger partial charge in [-0.3, -0.25) is 0 Å². The average Bonchev–Trinajstić information content (AvgIpc) is 2.85. The van der Waals surface area contributed by atoms with Crippen LogP contribution in [0, 0.1) is 0 Å². The number of fused-ring (bicyclic) bond motifs is 1. The molecule has 2 aromatic heterocycles. The molecule has 0 fully saturated rings. The number of hydrogen-bond acceptors (Lipinski definition) is 3. The van der Waals surface area contributed by atoms with E-state index >= 15 is 0 Å². The summed E-state index contributed by atoms with van der Waals surface area (Å²) in [6.45, 7) is 3.14. The summed E-state index contributed by atoms with van der Waals surface area (Å²) in [5.41, 5.74) is 2.63. The molecule has 0 bridgehead atoms. The minimum absolute atomic E-state index is 0.443. The predicted octanol–water partition coefficient (Wildman–Crippen LogP) is 3.02. The van der Waals surface area contributed by atoms with Crippen molar-refractivity contribution < 1.29 is 0 Å². The third-order valence-electron chi connectivity index (χ3n) is 3.56. The Kier molecular flexibility index (Phi) is 3.66. The van der Waals surface area contributed by atoms with Gasteiger partial charge in [0.1, 0.15) is 0 Å². The number of halogens is 1. The molecule has 4 nitrogen and oxygen atoms in total. The van der Waals surface area contributed by atoms with Gasteiger partial charge >= 0.3 is 0 Å². The first-order chi connectivity index (χ1) is 9.29. The lowest BCUT2D eigenvalue weighted by molar-refractivity contribution is 0.466. The van der Waals surface area contributed by atoms with Crippen LogP contribution in [0.15, 0.2) is 29.0 Å². The number of pyridine rings is 1. The highest BCUT2D eigenvalue weighted by atomic mass is 79.9. The van der Waals surface area contributed by atoms with E-state index in [4.69, 9.17) is 0 Å². The van der Waals surface area contributed by atoms with Crippen molar-refractivity contribution in [2.75, 3.05) is 6.54 Å². The van der Waals surface area contributed by atoms with Gasteiger partial charge in [-0.15, -0.1) is 0 Å². The Morgan fingerprint density at radius 3 is 3.05 bits per heavy atom. The van der Waals surface area contributed by atoms with E-state index in [0.29, 0.717) is 6.04 Å². The Morgan fingerprint density at radius 2 is 2.32 bits per heavy atom. The summed E-state index contributed by atoms with van der Waals surface area (Å²) in [6, 6.07) is 4.44. The van der Waals surface area contributed by atoms with Crippen molar-refractivity contribution in [2.24, 2.45) is 0 Å². The summed E-state index contributed by atoms with van der Waals surface area (Å²) >= 11 is 3.41. The molecule has 2 aromatic rings. The molecule has 0 amide bonds. The predicted molar refractivity (Wildman–Crippen MR) is 78.4 cm³/mol. The standard InChI is InChI=1S/C14H17BrN4/c1-2-16-12-4-3-5-13-11(12)9-18-19(13)14-7-6-10(15)8-17-14/h6-9,12,16H,2-5H2,1H3. The van der Waals surface area contributed by atoms with Crippen molar-refractivity contribution in [1.82, 2.24) is 20.1 Å². The Balaban J connectivity index is 1.98. The van der Waals surface area contributed by atoms with Gasteiger partial charge in [-0.25, -0.2) is 9.67 Å². The van der Waals surface area contributed by atoms with E-state index in [-0.39, 0.29) is 0 Å². The molecular weight excluding hydrogens is 304 g/mol. The molecule has 2 heterocycles. The third kappa shape index (κ3) is 2.44. The number of hydrogen-bond donors (Lipinski definition) is 1. The van der Waals surface area contributed by atoms with Gasteiger partial charge in [-0.05, 0) is 53.9 Å². The molecule has 1 N–H and O–H groups in total. The highest BCUT2D eigenvalue weighted by Gasteiger charge is 2.24. The van der Waals surface area contributed by atoms with E-state index in [0.717, 1.165) is 23.3 Å². The van der Waals surface area contributed by atoms with Gasteiger partial charge in [0.2, 0.25) is 0 Å². The Hall–Kier alpha value is -1.20. The summed E-state index contributed by atoms with van der Waals surface area (Å²) in [7, 11) is 0. The van der Waals surface area contributed by atoms with Crippen molar-refractivity contribution in [3.63, 3.8) is 0 Å². The maximum atomic E-state index is 4.53. The quantitative estimate of drug-likeness (QED) is 0.945. The van der Waals surface area contributed by atoms with Crippen LogP contribution in [-0.2, 0) is 6.42 Å². The van der Waals surface area contributed by atoms with Crippen molar-refractivity contribution in [1.29, 1.82) is 0 Å². The van der Waals surface area contributed by atoms with Gasteiger partial charge in [0.25, 0.3) is 0 Å². The van der Waals surface area contributed by atoms with Crippen LogP contribution in [0.2, 0.25) is 0 Å². The maximum absolute atomic E-state index is 4.53. The van der Waals surface area contributed by atoms with E-state index in [9.17, 15) is 0 Å². The van der Waals surface area contributed by atoms with Crippen LogP contribution in [0.3, 0.4) is 0 Å². The first kappa shape index (κ1) is 12.8. The molecule has 0 saturated heterocycles. The van der Waals surface area contributed by atoms with Gasteiger partial charge in [0.05, 0.1) is 11.9 Å². The molecular formula is C14H17BrN4. The minimum Gasteiger partial charge on any atom is -0.310 e. The van der Waals surface area contributed by atoms with Crippen LogP contribution in [-0.4, -0.2) is 21.3 Å². The fourth-order valence-corrected chi connectivity index (χ4v) is 2.94.